The number of anilines is 1. The maximum atomic E-state index is 12.7. The lowest BCUT2D eigenvalue weighted by Crippen LogP contribution is -2.48. The molecule has 2 aromatic rings. The van der Waals surface area contributed by atoms with E-state index in [-0.39, 0.29) is 11.9 Å². The van der Waals surface area contributed by atoms with E-state index in [9.17, 15) is 18.0 Å². The molecule has 5 nitrogen and oxygen atoms in total. The number of likely N-dealkylation sites (tertiary alicyclic amines) is 1. The molecule has 2 aliphatic heterocycles. The maximum Gasteiger partial charge on any atom is 0.416 e. The van der Waals surface area contributed by atoms with Gasteiger partial charge in [-0.15, -0.1) is 0 Å². The van der Waals surface area contributed by atoms with E-state index in [4.69, 9.17) is 9.47 Å². The van der Waals surface area contributed by atoms with Crippen LogP contribution in [-0.2, 0) is 21.3 Å². The van der Waals surface area contributed by atoms with Crippen LogP contribution < -0.4 is 5.32 Å². The fourth-order valence-electron chi connectivity index (χ4n) is 4.11. The second kappa shape index (κ2) is 8.51. The standard InChI is InChI=1S/C23H25F3N2O3/c1-30-22(14-31-15-22)18-6-8-20(9-7-18)27-21(29)28-12-10-17(11-13-28)16-2-4-19(5-3-16)23(24,25)26/h2-9,17H,10-15H2,1H3,(H,27,29). The molecule has 0 atom stereocenters. The average molecular weight is 434 g/mol. The van der Waals surface area contributed by atoms with Crippen molar-refractivity contribution in [2.45, 2.75) is 30.5 Å². The first-order valence-electron chi connectivity index (χ1n) is 10.3. The van der Waals surface area contributed by atoms with Crippen LogP contribution in [-0.4, -0.2) is 44.3 Å². The molecule has 0 saturated carbocycles. The Balaban J connectivity index is 1.30. The quantitative estimate of drug-likeness (QED) is 0.738. The smallest absolute Gasteiger partial charge is 0.375 e. The number of nitrogens with zero attached hydrogens (tertiary/aromatic N) is 1. The van der Waals surface area contributed by atoms with Crippen LogP contribution >= 0.6 is 0 Å². The third-order valence-electron chi connectivity index (χ3n) is 6.22. The summed E-state index contributed by atoms with van der Waals surface area (Å²) < 4.78 is 49.0. The summed E-state index contributed by atoms with van der Waals surface area (Å²) in [5.41, 5.74) is 1.56. The van der Waals surface area contributed by atoms with Gasteiger partial charge >= 0.3 is 12.2 Å². The van der Waals surface area contributed by atoms with Gasteiger partial charge in [-0.2, -0.15) is 13.2 Å². The van der Waals surface area contributed by atoms with Crippen molar-refractivity contribution in [2.24, 2.45) is 0 Å². The van der Waals surface area contributed by atoms with Crippen molar-refractivity contribution in [3.8, 4) is 0 Å². The van der Waals surface area contributed by atoms with E-state index in [1.807, 2.05) is 24.3 Å². The van der Waals surface area contributed by atoms with Gasteiger partial charge in [-0.1, -0.05) is 24.3 Å². The normalized spacial score (nSPS) is 19.0. The lowest BCUT2D eigenvalue weighted by molar-refractivity contribution is -0.202. The number of benzene rings is 2. The van der Waals surface area contributed by atoms with E-state index in [1.54, 1.807) is 24.1 Å². The second-order valence-corrected chi connectivity index (χ2v) is 8.08. The molecule has 0 bridgehead atoms. The number of amides is 2. The Bertz CT molecular complexity index is 896. The van der Waals surface area contributed by atoms with Gasteiger partial charge < -0.3 is 19.7 Å². The summed E-state index contributed by atoms with van der Waals surface area (Å²) in [4.78, 5) is 14.4. The predicted molar refractivity (Wildman–Crippen MR) is 110 cm³/mol. The number of rotatable bonds is 4. The molecule has 166 valence electrons. The molecule has 1 N–H and O–H groups in total. The van der Waals surface area contributed by atoms with Gasteiger partial charge in [0.15, 0.2) is 0 Å². The molecule has 8 heteroatoms. The van der Waals surface area contributed by atoms with Crippen LogP contribution in [0.2, 0.25) is 0 Å². The molecule has 0 aliphatic carbocycles. The average Bonchev–Trinajstić information content (AvgIpc) is 2.74. The van der Waals surface area contributed by atoms with Crippen LogP contribution in [0, 0.1) is 0 Å². The zero-order valence-electron chi connectivity index (χ0n) is 17.2. The highest BCUT2D eigenvalue weighted by Gasteiger charge is 2.40. The fourth-order valence-corrected chi connectivity index (χ4v) is 4.11. The molecule has 4 rings (SSSR count). The Morgan fingerprint density at radius 1 is 1.06 bits per heavy atom. The third-order valence-corrected chi connectivity index (χ3v) is 6.22. The Morgan fingerprint density at radius 2 is 1.68 bits per heavy atom. The molecule has 2 amide bonds. The van der Waals surface area contributed by atoms with E-state index in [2.05, 4.69) is 5.32 Å². The number of hydrogen-bond acceptors (Lipinski definition) is 3. The number of carbonyl (C=O) groups excluding carboxylic acids is 1. The first kappa shape index (κ1) is 21.6. The van der Waals surface area contributed by atoms with E-state index in [1.165, 1.54) is 0 Å². The minimum Gasteiger partial charge on any atom is -0.375 e. The molecule has 2 saturated heterocycles. The lowest BCUT2D eigenvalue weighted by atomic mass is 9.89. The number of methoxy groups -OCH3 is 1. The number of urea groups is 1. The van der Waals surface area contributed by atoms with Gasteiger partial charge in [0, 0.05) is 25.9 Å². The van der Waals surface area contributed by atoms with Crippen LogP contribution in [0.15, 0.2) is 48.5 Å². The largest absolute Gasteiger partial charge is 0.416 e. The first-order chi connectivity index (χ1) is 14.8. The maximum absolute atomic E-state index is 12.7. The van der Waals surface area contributed by atoms with Crippen molar-refractivity contribution in [3.05, 3.63) is 65.2 Å². The Morgan fingerprint density at radius 3 is 2.16 bits per heavy atom. The van der Waals surface area contributed by atoms with Gasteiger partial charge in [-0.25, -0.2) is 4.79 Å². The van der Waals surface area contributed by atoms with E-state index >= 15 is 0 Å². The number of hydrogen-bond donors (Lipinski definition) is 1. The van der Waals surface area contributed by atoms with Crippen molar-refractivity contribution < 1.29 is 27.4 Å². The zero-order chi connectivity index (χ0) is 22.1. The van der Waals surface area contributed by atoms with Gasteiger partial charge in [-0.05, 0) is 54.2 Å². The third kappa shape index (κ3) is 4.55. The van der Waals surface area contributed by atoms with Crippen molar-refractivity contribution in [3.63, 3.8) is 0 Å². The number of piperidine rings is 1. The Labute approximate surface area is 179 Å². The minimum absolute atomic E-state index is 0.153. The summed E-state index contributed by atoms with van der Waals surface area (Å²) in [6, 6.07) is 12.7. The van der Waals surface area contributed by atoms with Crippen molar-refractivity contribution in [1.29, 1.82) is 0 Å². The number of halogens is 3. The summed E-state index contributed by atoms with van der Waals surface area (Å²) in [6.07, 6.45) is -2.89. The monoisotopic (exact) mass is 434 g/mol. The van der Waals surface area contributed by atoms with Crippen LogP contribution in [0.25, 0.3) is 0 Å². The molecule has 0 spiro atoms. The molecular formula is C23H25F3N2O3. The summed E-state index contributed by atoms with van der Waals surface area (Å²) >= 11 is 0. The first-order valence-corrected chi connectivity index (χ1v) is 10.3. The number of nitrogens with one attached hydrogen (secondary N) is 1. The van der Waals surface area contributed by atoms with Gasteiger partial charge in [0.1, 0.15) is 5.60 Å². The molecule has 2 aromatic carbocycles. The molecule has 2 aliphatic rings. The Hall–Kier alpha value is -2.58. The van der Waals surface area contributed by atoms with E-state index in [0.717, 1.165) is 23.3 Å². The fraction of sp³-hybridized carbons (Fsp3) is 0.435. The minimum atomic E-state index is -4.33. The summed E-state index contributed by atoms with van der Waals surface area (Å²) in [6.45, 7) is 2.14. The van der Waals surface area contributed by atoms with Gasteiger partial charge in [0.2, 0.25) is 0 Å². The number of ether oxygens (including phenoxy) is 2. The highest BCUT2D eigenvalue weighted by molar-refractivity contribution is 5.89. The molecular weight excluding hydrogens is 409 g/mol. The van der Waals surface area contributed by atoms with Crippen molar-refractivity contribution in [1.82, 2.24) is 4.90 Å². The topological polar surface area (TPSA) is 50.8 Å². The van der Waals surface area contributed by atoms with Crippen LogP contribution in [0.4, 0.5) is 23.7 Å². The summed E-state index contributed by atoms with van der Waals surface area (Å²) in [7, 11) is 1.66. The molecule has 2 heterocycles. The van der Waals surface area contributed by atoms with Gasteiger partial charge in [-0.3, -0.25) is 0 Å². The Kier molecular flexibility index (Phi) is 5.94. The summed E-state index contributed by atoms with van der Waals surface area (Å²) in [5.74, 6) is 0.153. The molecule has 0 radical (unpaired) electrons. The lowest BCUT2D eigenvalue weighted by Gasteiger charge is -2.40. The number of alkyl halides is 3. The SMILES string of the molecule is COC1(c2ccc(NC(=O)N3CCC(c4ccc(C(F)(F)F)cc4)CC3)cc2)COC1. The summed E-state index contributed by atoms with van der Waals surface area (Å²) in [5, 5.41) is 2.91. The van der Waals surface area contributed by atoms with Gasteiger partial charge in [0.05, 0.1) is 18.8 Å². The van der Waals surface area contributed by atoms with E-state index in [0.29, 0.717) is 44.8 Å². The molecule has 31 heavy (non-hydrogen) atoms. The second-order valence-electron chi connectivity index (χ2n) is 8.08. The van der Waals surface area contributed by atoms with E-state index < -0.39 is 17.3 Å². The van der Waals surface area contributed by atoms with Crippen LogP contribution in [0.3, 0.4) is 0 Å². The van der Waals surface area contributed by atoms with Gasteiger partial charge in [0.25, 0.3) is 0 Å². The highest BCUT2D eigenvalue weighted by Crippen LogP contribution is 2.34. The number of carbonyl (C=O) groups is 1. The predicted octanol–water partition coefficient (Wildman–Crippen LogP) is 4.99. The molecule has 2 fully saturated rings. The molecule has 0 unspecified atom stereocenters. The van der Waals surface area contributed by atoms with Crippen LogP contribution in [0.1, 0.15) is 35.4 Å². The van der Waals surface area contributed by atoms with Crippen molar-refractivity contribution in [2.75, 3.05) is 38.7 Å². The molecule has 0 aromatic heterocycles. The zero-order valence-corrected chi connectivity index (χ0v) is 17.2. The van der Waals surface area contributed by atoms with Crippen LogP contribution in [0.5, 0.6) is 0 Å². The highest BCUT2D eigenvalue weighted by atomic mass is 19.4. The van der Waals surface area contributed by atoms with Crippen molar-refractivity contribution >= 4 is 11.7 Å².